The summed E-state index contributed by atoms with van der Waals surface area (Å²) >= 11 is 5.93. The van der Waals surface area contributed by atoms with Gasteiger partial charge < -0.3 is 24.2 Å². The lowest BCUT2D eigenvalue weighted by Gasteiger charge is -2.33. The first-order valence-corrected chi connectivity index (χ1v) is 14.2. The fourth-order valence-electron chi connectivity index (χ4n) is 4.05. The predicted molar refractivity (Wildman–Crippen MR) is 138 cm³/mol. The highest BCUT2D eigenvalue weighted by Gasteiger charge is 2.54. The van der Waals surface area contributed by atoms with Crippen LogP contribution in [-0.2, 0) is 23.4 Å². The largest absolute Gasteiger partial charge is 0.461 e. The maximum absolute atomic E-state index is 13.9. The number of ether oxygens (including phenoxy) is 2. The summed E-state index contributed by atoms with van der Waals surface area (Å²) in [5.41, 5.74) is -5.04. The second kappa shape index (κ2) is 11.2. The predicted octanol–water partition coefficient (Wildman–Crippen LogP) is 1.87. The van der Waals surface area contributed by atoms with Gasteiger partial charge in [-0.3, -0.25) is 23.7 Å². The third kappa shape index (κ3) is 6.63. The van der Waals surface area contributed by atoms with Gasteiger partial charge in [0, 0.05) is 17.3 Å². The molecule has 1 aromatic carbocycles. The van der Waals surface area contributed by atoms with Gasteiger partial charge in [0.15, 0.2) is 6.23 Å². The molecule has 1 aliphatic carbocycles. The maximum atomic E-state index is 13.9. The number of aromatic nitrogens is 2. The first-order valence-electron chi connectivity index (χ1n) is 12.3. The van der Waals surface area contributed by atoms with E-state index >= 15 is 0 Å². The number of benzene rings is 1. The number of hydrogen-bond donors (Lipinski definition) is 4. The molecule has 2 heterocycles. The zero-order valence-corrected chi connectivity index (χ0v) is 23.2. The van der Waals surface area contributed by atoms with Gasteiger partial charge in [0.2, 0.25) is 0 Å². The van der Waals surface area contributed by atoms with Crippen molar-refractivity contribution in [3.8, 4) is 5.75 Å². The minimum atomic E-state index is -4.38. The molecule has 3 unspecified atom stereocenters. The molecule has 4 rings (SSSR count). The number of carbonyl (C=O) groups excluding carboxylic acids is 1. The number of rotatable bonds is 10. The summed E-state index contributed by atoms with van der Waals surface area (Å²) in [6, 6.07) is 6.96. The highest BCUT2D eigenvalue weighted by atomic mass is 35.5. The number of halogens is 1. The third-order valence-electron chi connectivity index (χ3n) is 6.56. The van der Waals surface area contributed by atoms with E-state index in [4.69, 9.17) is 30.1 Å². The fraction of sp³-hybridized carbons (Fsp3) is 0.542. The number of carbonyl (C=O) groups is 1. The molecule has 214 valence electrons. The van der Waals surface area contributed by atoms with Crippen molar-refractivity contribution in [2.75, 3.05) is 6.61 Å². The number of hydrogen-bond acceptors (Lipinski definition) is 10. The normalized spacial score (nSPS) is 27.0. The minimum Gasteiger partial charge on any atom is -0.461 e. The molecule has 1 saturated heterocycles. The Morgan fingerprint density at radius 2 is 1.95 bits per heavy atom. The van der Waals surface area contributed by atoms with Crippen molar-refractivity contribution in [3.63, 3.8) is 0 Å². The van der Waals surface area contributed by atoms with Gasteiger partial charge >= 0.3 is 19.4 Å². The molecule has 2 fully saturated rings. The van der Waals surface area contributed by atoms with Crippen molar-refractivity contribution < 1.29 is 38.1 Å². The van der Waals surface area contributed by atoms with Crippen molar-refractivity contribution >= 4 is 25.3 Å². The molecule has 13 nitrogen and oxygen atoms in total. The lowest BCUT2D eigenvalue weighted by molar-refractivity contribution is -0.159. The van der Waals surface area contributed by atoms with E-state index in [1.165, 1.54) is 45.0 Å². The summed E-state index contributed by atoms with van der Waals surface area (Å²) < 4.78 is 37.3. The molecule has 1 aromatic heterocycles. The Kier molecular flexibility index (Phi) is 8.44. The maximum Gasteiger partial charge on any atom is 0.459 e. The summed E-state index contributed by atoms with van der Waals surface area (Å²) in [4.78, 5) is 38.6. The van der Waals surface area contributed by atoms with Crippen LogP contribution in [0.3, 0.4) is 0 Å². The van der Waals surface area contributed by atoms with E-state index in [-0.39, 0.29) is 11.9 Å². The molecule has 0 spiro atoms. The van der Waals surface area contributed by atoms with Crippen LogP contribution in [0.15, 0.2) is 46.1 Å². The van der Waals surface area contributed by atoms with E-state index < -0.39 is 61.1 Å². The smallest absolute Gasteiger partial charge is 0.459 e. The molecule has 0 amide bonds. The van der Waals surface area contributed by atoms with Crippen LogP contribution < -0.4 is 20.9 Å². The molecule has 0 radical (unpaired) electrons. The lowest BCUT2D eigenvalue weighted by Crippen LogP contribution is -2.49. The molecular weight excluding hydrogens is 557 g/mol. The van der Waals surface area contributed by atoms with Crippen LogP contribution >= 0.6 is 19.3 Å². The van der Waals surface area contributed by atoms with E-state index in [0.29, 0.717) is 5.02 Å². The van der Waals surface area contributed by atoms with Gasteiger partial charge in [-0.1, -0.05) is 11.6 Å². The SMILES string of the molecule is CC(C)(NP(=O)(OCC1OC(n2ccc(=O)[nH]c2=O)[C@](C)(O)[C@@H]1O)Oc1ccc(Cl)cc1)C(=O)OC1CCC1. The summed E-state index contributed by atoms with van der Waals surface area (Å²) in [6.45, 7) is 3.57. The van der Waals surface area contributed by atoms with Gasteiger partial charge in [-0.05, 0) is 64.3 Å². The summed E-state index contributed by atoms with van der Waals surface area (Å²) in [5.74, 6) is -0.552. The van der Waals surface area contributed by atoms with Crippen LogP contribution in [-0.4, -0.2) is 61.8 Å². The first kappa shape index (κ1) is 29.5. The zero-order chi connectivity index (χ0) is 28.6. The Balaban J connectivity index is 1.54. The van der Waals surface area contributed by atoms with Gasteiger partial charge in [0.25, 0.3) is 5.56 Å². The summed E-state index contributed by atoms with van der Waals surface area (Å²) in [7, 11) is -4.38. The highest BCUT2D eigenvalue weighted by Crippen LogP contribution is 2.48. The third-order valence-corrected chi connectivity index (χ3v) is 8.58. The monoisotopic (exact) mass is 587 g/mol. The summed E-state index contributed by atoms with van der Waals surface area (Å²) in [6.07, 6.45) is -0.978. The Morgan fingerprint density at radius 3 is 2.54 bits per heavy atom. The first-order chi connectivity index (χ1) is 18.2. The van der Waals surface area contributed by atoms with Gasteiger partial charge in [-0.25, -0.2) is 9.36 Å². The van der Waals surface area contributed by atoms with Crippen molar-refractivity contribution in [1.82, 2.24) is 14.6 Å². The van der Waals surface area contributed by atoms with Gasteiger partial charge in [-0.15, -0.1) is 0 Å². The van der Waals surface area contributed by atoms with Crippen LogP contribution in [0, 0.1) is 0 Å². The molecule has 2 aromatic rings. The zero-order valence-electron chi connectivity index (χ0n) is 21.5. The standard InChI is InChI=1S/C24H31ClN3O10P/c1-23(2,21(31)36-15-5-4-6-15)27-39(34,38-16-9-7-14(25)8-10-16)35-13-17-19(30)24(3,33)20(37-17)28-12-11-18(29)26-22(28)32/h7-12,15,17,19-20,30,33H,4-6,13H2,1-3H3,(H,27,34)(H,26,29,32)/t17?,19-,20?,24-,39?/m1/s1. The van der Waals surface area contributed by atoms with Crippen LogP contribution in [0.4, 0.5) is 0 Å². The number of nitrogens with zero attached hydrogens (tertiary/aromatic N) is 1. The van der Waals surface area contributed by atoms with Gasteiger partial charge in [-0.2, -0.15) is 5.09 Å². The number of aliphatic hydroxyl groups is 2. The molecule has 2 aliphatic rings. The molecule has 5 atom stereocenters. The number of aromatic amines is 1. The van der Waals surface area contributed by atoms with E-state index in [9.17, 15) is 29.2 Å². The molecule has 15 heteroatoms. The molecular formula is C24H31ClN3O10P. The highest BCUT2D eigenvalue weighted by molar-refractivity contribution is 7.52. The number of esters is 1. The van der Waals surface area contributed by atoms with Crippen molar-refractivity contribution in [2.24, 2.45) is 0 Å². The van der Waals surface area contributed by atoms with Crippen LogP contribution in [0.5, 0.6) is 5.75 Å². The van der Waals surface area contributed by atoms with E-state index in [1.807, 2.05) is 4.98 Å². The Hall–Kier alpha value is -2.51. The average molecular weight is 588 g/mol. The topological polar surface area (TPSA) is 178 Å². The second-order valence-electron chi connectivity index (χ2n) is 10.2. The lowest BCUT2D eigenvalue weighted by atomic mass is 9.96. The molecule has 1 aliphatic heterocycles. The van der Waals surface area contributed by atoms with Crippen molar-refractivity contribution in [2.45, 2.75) is 75.7 Å². The van der Waals surface area contributed by atoms with Gasteiger partial charge in [0.05, 0.1) is 6.61 Å². The number of H-pyrrole nitrogens is 1. The van der Waals surface area contributed by atoms with Crippen LogP contribution in [0.1, 0.15) is 46.3 Å². The second-order valence-corrected chi connectivity index (χ2v) is 12.3. The van der Waals surface area contributed by atoms with Crippen LogP contribution in [0.2, 0.25) is 5.02 Å². The molecule has 0 bridgehead atoms. The molecule has 4 N–H and O–H groups in total. The van der Waals surface area contributed by atoms with E-state index in [1.54, 1.807) is 0 Å². The minimum absolute atomic E-state index is 0.107. The fourth-order valence-corrected chi connectivity index (χ4v) is 5.86. The van der Waals surface area contributed by atoms with E-state index in [0.717, 1.165) is 36.1 Å². The van der Waals surface area contributed by atoms with Crippen LogP contribution in [0.25, 0.3) is 0 Å². The number of nitrogens with one attached hydrogen (secondary N) is 2. The molecule has 1 saturated carbocycles. The summed E-state index contributed by atoms with van der Waals surface area (Å²) in [5, 5.41) is 24.7. The quantitative estimate of drug-likeness (QED) is 0.235. The molecule has 39 heavy (non-hydrogen) atoms. The Morgan fingerprint density at radius 1 is 1.28 bits per heavy atom. The van der Waals surface area contributed by atoms with Crippen molar-refractivity contribution in [3.05, 3.63) is 62.4 Å². The Bertz CT molecular complexity index is 1350. The van der Waals surface area contributed by atoms with E-state index in [2.05, 4.69) is 5.09 Å². The average Bonchev–Trinajstić information content (AvgIpc) is 3.04. The Labute approximate surface area is 228 Å². The van der Waals surface area contributed by atoms with Gasteiger partial charge in [0.1, 0.15) is 35.2 Å². The number of aliphatic hydroxyl groups excluding tert-OH is 1. The van der Waals surface area contributed by atoms with Crippen molar-refractivity contribution in [1.29, 1.82) is 0 Å².